The number of likely N-dealkylation sites (N-methyl/N-ethyl adjacent to an activating group) is 2. The first-order valence-electron chi connectivity index (χ1n) is 18.1. The summed E-state index contributed by atoms with van der Waals surface area (Å²) in [6, 6.07) is 6.63. The summed E-state index contributed by atoms with van der Waals surface area (Å²) in [4.78, 5) is 67.4. The highest BCUT2D eigenvalue weighted by Crippen LogP contribution is 2.14. The SMILES string of the molecule is CC.CC(C)C(C)NC(=O)C(C)(C)OCCC(C)(C)N.CCCNC(N)=O.CN(C)CCN(C)C(=O)OCc1ccc(NC(=O)CNC=O)cc1.[B]C=O. The van der Waals surface area contributed by atoms with Gasteiger partial charge in [0.2, 0.25) is 12.3 Å². The van der Waals surface area contributed by atoms with E-state index in [0.29, 0.717) is 37.7 Å². The van der Waals surface area contributed by atoms with Crippen LogP contribution in [0.25, 0.3) is 0 Å². The highest BCUT2D eigenvalue weighted by Gasteiger charge is 2.30. The Morgan fingerprint density at radius 1 is 0.963 bits per heavy atom. The molecule has 16 nitrogen and oxygen atoms in total. The van der Waals surface area contributed by atoms with E-state index in [-0.39, 0.29) is 48.8 Å². The van der Waals surface area contributed by atoms with Crippen molar-refractivity contribution in [1.82, 2.24) is 25.8 Å². The van der Waals surface area contributed by atoms with E-state index < -0.39 is 11.6 Å². The Hall–Kier alpha value is -4.22. The van der Waals surface area contributed by atoms with Crippen LogP contribution in [0.2, 0.25) is 0 Å². The number of anilines is 1. The third-order valence-corrected chi connectivity index (χ3v) is 6.80. The molecule has 6 amide bonds. The molecule has 310 valence electrons. The molecule has 54 heavy (non-hydrogen) atoms. The Morgan fingerprint density at radius 3 is 1.91 bits per heavy atom. The van der Waals surface area contributed by atoms with E-state index in [2.05, 4.69) is 43.0 Å². The molecule has 1 rings (SSSR count). The van der Waals surface area contributed by atoms with E-state index in [1.807, 2.05) is 60.5 Å². The molecule has 1 aromatic rings. The summed E-state index contributed by atoms with van der Waals surface area (Å²) in [5, 5.41) is 10.3. The number of nitrogens with two attached hydrogens (primary N) is 2. The van der Waals surface area contributed by atoms with Crippen LogP contribution in [0.1, 0.15) is 87.6 Å². The number of carbonyl (C=O) groups is 6. The number of carbonyl (C=O) groups excluding carboxylic acids is 6. The van der Waals surface area contributed by atoms with Gasteiger partial charge in [0, 0.05) is 50.6 Å². The Labute approximate surface area is 326 Å². The maximum absolute atomic E-state index is 12.1. The maximum Gasteiger partial charge on any atom is 0.409 e. The molecular weight excluding hydrogens is 695 g/mol. The predicted molar refractivity (Wildman–Crippen MR) is 218 cm³/mol. The zero-order valence-corrected chi connectivity index (χ0v) is 35.2. The zero-order valence-electron chi connectivity index (χ0n) is 35.2. The first-order chi connectivity index (χ1) is 25.1. The lowest BCUT2D eigenvalue weighted by Gasteiger charge is -2.29. The first-order valence-corrected chi connectivity index (χ1v) is 18.1. The fraction of sp³-hybridized carbons (Fsp3) is 0.676. The highest BCUT2D eigenvalue weighted by molar-refractivity contribution is 6.48. The van der Waals surface area contributed by atoms with E-state index in [9.17, 15) is 24.0 Å². The van der Waals surface area contributed by atoms with Gasteiger partial charge < -0.3 is 56.8 Å². The molecule has 1 aromatic carbocycles. The van der Waals surface area contributed by atoms with Crippen molar-refractivity contribution < 1.29 is 38.2 Å². The van der Waals surface area contributed by atoms with Crippen molar-refractivity contribution in [3.8, 4) is 0 Å². The lowest BCUT2D eigenvalue weighted by molar-refractivity contribution is -0.144. The van der Waals surface area contributed by atoms with E-state index >= 15 is 0 Å². The Bertz CT molecular complexity index is 1160. The summed E-state index contributed by atoms with van der Waals surface area (Å²) in [5.41, 5.74) is 10.9. The third-order valence-electron chi connectivity index (χ3n) is 6.80. The molecule has 0 saturated carbocycles. The molecule has 0 fully saturated rings. The molecule has 1 atom stereocenters. The van der Waals surface area contributed by atoms with Gasteiger partial charge in [0.15, 0.2) is 7.85 Å². The highest BCUT2D eigenvalue weighted by atomic mass is 16.6. The average molecular weight is 767 g/mol. The van der Waals surface area contributed by atoms with Gasteiger partial charge in [0.25, 0.3) is 5.91 Å². The lowest BCUT2D eigenvalue weighted by atomic mass is 10.0. The van der Waals surface area contributed by atoms with Crippen LogP contribution >= 0.6 is 0 Å². The van der Waals surface area contributed by atoms with Crippen molar-refractivity contribution >= 4 is 50.1 Å². The fourth-order valence-electron chi connectivity index (χ4n) is 3.15. The average Bonchev–Trinajstić information content (AvgIpc) is 3.09. The summed E-state index contributed by atoms with van der Waals surface area (Å²) in [6.45, 7) is 22.2. The second-order valence-corrected chi connectivity index (χ2v) is 13.6. The number of rotatable bonds is 18. The molecule has 0 saturated heterocycles. The minimum absolute atomic E-state index is 0.0708. The maximum atomic E-state index is 12.1. The number of hydrogen-bond donors (Lipinski definition) is 6. The van der Waals surface area contributed by atoms with Gasteiger partial charge in [-0.15, -0.1) is 0 Å². The molecule has 0 aliphatic carbocycles. The number of nitrogens with one attached hydrogen (secondary N) is 4. The van der Waals surface area contributed by atoms with Crippen molar-refractivity contribution in [1.29, 1.82) is 0 Å². The van der Waals surface area contributed by atoms with Crippen LogP contribution in [-0.2, 0) is 35.3 Å². The monoisotopic (exact) mass is 767 g/mol. The van der Waals surface area contributed by atoms with E-state index in [1.165, 1.54) is 4.90 Å². The van der Waals surface area contributed by atoms with Gasteiger partial charge in [-0.2, -0.15) is 0 Å². The molecule has 0 aliphatic rings. The largest absolute Gasteiger partial charge is 0.445 e. The van der Waals surface area contributed by atoms with Crippen LogP contribution < -0.4 is 32.7 Å². The number of amides is 6. The second-order valence-electron chi connectivity index (χ2n) is 13.6. The van der Waals surface area contributed by atoms with E-state index in [4.69, 9.17) is 25.7 Å². The van der Waals surface area contributed by atoms with Gasteiger partial charge in [0.1, 0.15) is 12.2 Å². The number of ether oxygens (including phenoxy) is 2. The van der Waals surface area contributed by atoms with E-state index in [0.717, 1.165) is 24.9 Å². The first kappa shape index (κ1) is 56.5. The summed E-state index contributed by atoms with van der Waals surface area (Å²) in [5.74, 6) is 0.0232. The van der Waals surface area contributed by atoms with Gasteiger partial charge in [-0.05, 0) is 85.2 Å². The number of benzene rings is 1. The Morgan fingerprint density at radius 2 is 1.50 bits per heavy atom. The number of urea groups is 1. The van der Waals surface area contributed by atoms with Gasteiger partial charge in [-0.25, -0.2) is 9.59 Å². The summed E-state index contributed by atoms with van der Waals surface area (Å²) in [7, 11) is 9.74. The Kier molecular flexibility index (Phi) is 34.9. The Balaban J connectivity index is -0.000000365. The molecule has 0 aromatic heterocycles. The minimum Gasteiger partial charge on any atom is -0.445 e. The van der Waals surface area contributed by atoms with Crippen LogP contribution in [-0.4, -0.2) is 125 Å². The fourth-order valence-corrected chi connectivity index (χ4v) is 3.15. The second kappa shape index (κ2) is 33.4. The molecule has 2 radical (unpaired) electrons. The van der Waals surface area contributed by atoms with Crippen molar-refractivity contribution in [2.24, 2.45) is 17.4 Å². The lowest BCUT2D eigenvalue weighted by Crippen LogP contribution is -2.49. The molecule has 1 unspecified atom stereocenters. The van der Waals surface area contributed by atoms with Crippen LogP contribution in [0.3, 0.4) is 0 Å². The van der Waals surface area contributed by atoms with Crippen molar-refractivity contribution in [2.75, 3.05) is 59.2 Å². The van der Waals surface area contributed by atoms with Crippen LogP contribution in [0.15, 0.2) is 24.3 Å². The van der Waals surface area contributed by atoms with Crippen LogP contribution in [0.5, 0.6) is 0 Å². The van der Waals surface area contributed by atoms with Crippen LogP contribution in [0.4, 0.5) is 15.3 Å². The zero-order chi connectivity index (χ0) is 42.9. The summed E-state index contributed by atoms with van der Waals surface area (Å²) >= 11 is 0. The topological polar surface area (TPSA) is 228 Å². The molecule has 8 N–H and O–H groups in total. The molecule has 0 bridgehead atoms. The minimum atomic E-state index is -0.811. The van der Waals surface area contributed by atoms with Crippen molar-refractivity contribution in [3.63, 3.8) is 0 Å². The van der Waals surface area contributed by atoms with E-state index in [1.54, 1.807) is 45.2 Å². The predicted octanol–water partition coefficient (Wildman–Crippen LogP) is 3.01. The number of nitrogens with zero attached hydrogens (tertiary/aromatic N) is 2. The number of hydrogen-bond acceptors (Lipinski definition) is 10. The molecule has 0 aliphatic heterocycles. The van der Waals surface area contributed by atoms with Crippen molar-refractivity contribution in [3.05, 3.63) is 29.8 Å². The molecule has 0 spiro atoms. The normalized spacial score (nSPS) is 10.8. The molecular formula is C37H71BN8O8. The van der Waals surface area contributed by atoms with Gasteiger partial charge in [-0.1, -0.05) is 46.8 Å². The van der Waals surface area contributed by atoms with Crippen molar-refractivity contribution in [2.45, 2.75) is 106 Å². The molecule has 0 heterocycles. The quantitative estimate of drug-likeness (QED) is 0.0946. The van der Waals surface area contributed by atoms with Gasteiger partial charge in [-0.3, -0.25) is 14.4 Å². The summed E-state index contributed by atoms with van der Waals surface area (Å²) in [6.07, 6.45) is 1.99. The standard InChI is InChI=1S/C16H24N4O4.C14H30N2O2.C4H10N2O.C2H6.CHBO/c1-19(2)8-9-20(3)16(23)24-11-13-4-6-14(7-5-13)18-15(22)10-17-12-21;1-10(2)11(3)16-12(17)14(6,7)18-9-8-13(4,5)15;1-2-3-6-4(5)7;1-2;2-1-3/h4-7,12H,8-11H2,1-3H3,(H,17,21)(H,18,22);10-11H,8-9,15H2,1-7H3,(H,16,17);2-3H2,1H3,(H3,5,6,7);1-2H3;1H. The van der Waals surface area contributed by atoms with Crippen LogP contribution in [0, 0.1) is 5.92 Å². The van der Waals surface area contributed by atoms with Gasteiger partial charge in [0.05, 0.1) is 12.7 Å². The smallest absolute Gasteiger partial charge is 0.409 e. The van der Waals surface area contributed by atoms with Gasteiger partial charge >= 0.3 is 12.1 Å². The summed E-state index contributed by atoms with van der Waals surface area (Å²) < 4.78 is 10.9. The number of primary amides is 1. The third kappa shape index (κ3) is 36.2. The molecule has 17 heteroatoms.